The molecule has 0 amide bonds. The summed E-state index contributed by atoms with van der Waals surface area (Å²) in [5.41, 5.74) is 0. The topological polar surface area (TPSA) is 0 Å². The van der Waals surface area contributed by atoms with Crippen molar-refractivity contribution in [3.63, 3.8) is 0 Å². The van der Waals surface area contributed by atoms with Gasteiger partial charge < -0.3 is 0 Å². The highest BCUT2D eigenvalue weighted by molar-refractivity contribution is 9.10. The van der Waals surface area contributed by atoms with Gasteiger partial charge in [-0.3, -0.25) is 0 Å². The molecule has 0 aliphatic heterocycles. The molecule has 0 N–H and O–H groups in total. The van der Waals surface area contributed by atoms with Crippen LogP contribution in [0.15, 0.2) is 0 Å². The Morgan fingerprint density at radius 1 is 1.33 bits per heavy atom. The van der Waals surface area contributed by atoms with E-state index in [1.54, 1.807) is 0 Å². The van der Waals surface area contributed by atoms with Crippen LogP contribution in [0.2, 0.25) is 0 Å². The van der Waals surface area contributed by atoms with Crippen molar-refractivity contribution in [2.75, 3.05) is 10.7 Å². The Kier molecular flexibility index (Phi) is 5.44. The zero-order valence-corrected chi connectivity index (χ0v) is 7.14. The molecule has 0 nitrogen and oxygen atoms in total. The molecule has 1 radical (unpaired) electrons. The van der Waals surface area contributed by atoms with Crippen LogP contribution < -0.4 is 0 Å². The lowest BCUT2D eigenvalue weighted by molar-refractivity contribution is 1.19. The van der Waals surface area contributed by atoms with Gasteiger partial charge in [0.1, 0.15) is 0 Å². The fraction of sp³-hybridized carbons (Fsp3) is 1.00. The van der Waals surface area contributed by atoms with Crippen molar-refractivity contribution >= 4 is 44.5 Å². The lowest BCUT2D eigenvalue weighted by atomic mass is 10.6. The monoisotopic (exact) mass is 231 g/mol. The van der Waals surface area contributed by atoms with E-state index in [9.17, 15) is 0 Å². The molecule has 0 unspecified atom stereocenters. The zero-order valence-electron chi connectivity index (χ0n) is 3.16. The SMILES string of the molecule is [S]C(CBr)CBr. The van der Waals surface area contributed by atoms with Gasteiger partial charge in [0, 0.05) is 15.9 Å². The summed E-state index contributed by atoms with van der Waals surface area (Å²) in [6.07, 6.45) is 0. The van der Waals surface area contributed by atoms with Crippen LogP contribution in [0.1, 0.15) is 0 Å². The number of hydrogen-bond donors (Lipinski definition) is 0. The van der Waals surface area contributed by atoms with Crippen molar-refractivity contribution in [2.45, 2.75) is 5.25 Å². The summed E-state index contributed by atoms with van der Waals surface area (Å²) in [6.45, 7) is 0. The smallest absolute Gasteiger partial charge is 0.0345 e. The maximum absolute atomic E-state index is 4.85. The van der Waals surface area contributed by atoms with Gasteiger partial charge in [-0.1, -0.05) is 44.5 Å². The summed E-state index contributed by atoms with van der Waals surface area (Å²) in [5.74, 6) is 0. The number of rotatable bonds is 2. The molecular weight excluding hydrogens is 228 g/mol. The van der Waals surface area contributed by atoms with E-state index in [0.29, 0.717) is 5.25 Å². The number of alkyl halides is 2. The normalized spacial score (nSPS) is 10.0. The maximum Gasteiger partial charge on any atom is 0.0345 e. The highest BCUT2D eigenvalue weighted by atomic mass is 79.9. The van der Waals surface area contributed by atoms with E-state index in [0.717, 1.165) is 10.7 Å². The van der Waals surface area contributed by atoms with Gasteiger partial charge in [0.15, 0.2) is 0 Å². The first kappa shape index (κ1) is 7.31. The summed E-state index contributed by atoms with van der Waals surface area (Å²) in [6, 6.07) is 0. The highest BCUT2D eigenvalue weighted by Crippen LogP contribution is 2.01. The third-order valence-corrected chi connectivity index (χ3v) is 3.10. The van der Waals surface area contributed by atoms with E-state index in [4.69, 9.17) is 12.6 Å². The maximum atomic E-state index is 4.85. The van der Waals surface area contributed by atoms with Crippen LogP contribution >= 0.6 is 44.5 Å². The minimum absolute atomic E-state index is 0.352. The molecule has 0 aliphatic rings. The predicted molar refractivity (Wildman–Crippen MR) is 39.0 cm³/mol. The first-order chi connectivity index (χ1) is 2.81. The summed E-state index contributed by atoms with van der Waals surface area (Å²) in [7, 11) is 0. The van der Waals surface area contributed by atoms with Gasteiger partial charge in [0.2, 0.25) is 0 Å². The molecular formula is C3H5Br2S. The van der Waals surface area contributed by atoms with E-state index >= 15 is 0 Å². The Morgan fingerprint density at radius 2 is 1.67 bits per heavy atom. The minimum Gasteiger partial charge on any atom is -0.0915 e. The van der Waals surface area contributed by atoms with Crippen LogP contribution in [0.25, 0.3) is 0 Å². The fourth-order valence-corrected chi connectivity index (χ4v) is 1.11. The van der Waals surface area contributed by atoms with Crippen molar-refractivity contribution in [1.29, 1.82) is 0 Å². The lowest BCUT2D eigenvalue weighted by Gasteiger charge is -1.93. The van der Waals surface area contributed by atoms with Crippen LogP contribution in [0.3, 0.4) is 0 Å². The van der Waals surface area contributed by atoms with Crippen LogP contribution in [0, 0.1) is 0 Å². The van der Waals surface area contributed by atoms with Gasteiger partial charge in [-0.05, 0) is 0 Å². The molecule has 0 saturated heterocycles. The van der Waals surface area contributed by atoms with Gasteiger partial charge in [0.05, 0.1) is 0 Å². The van der Waals surface area contributed by atoms with Crippen molar-refractivity contribution in [1.82, 2.24) is 0 Å². The first-order valence-electron chi connectivity index (χ1n) is 1.59. The zero-order chi connectivity index (χ0) is 4.99. The van der Waals surface area contributed by atoms with Crippen molar-refractivity contribution in [3.05, 3.63) is 0 Å². The molecule has 0 heterocycles. The molecule has 0 bridgehead atoms. The lowest BCUT2D eigenvalue weighted by Crippen LogP contribution is -1.98. The Labute approximate surface area is 60.4 Å². The molecule has 0 rings (SSSR count). The molecule has 0 saturated carbocycles. The van der Waals surface area contributed by atoms with E-state index in [1.807, 2.05) is 0 Å². The molecule has 0 atom stereocenters. The molecule has 0 spiro atoms. The van der Waals surface area contributed by atoms with E-state index in [2.05, 4.69) is 31.9 Å². The van der Waals surface area contributed by atoms with Crippen LogP contribution in [-0.2, 0) is 0 Å². The van der Waals surface area contributed by atoms with Crippen LogP contribution in [0.5, 0.6) is 0 Å². The Hall–Kier alpha value is 1.31. The van der Waals surface area contributed by atoms with Gasteiger partial charge in [-0.25, -0.2) is 0 Å². The molecule has 6 heavy (non-hydrogen) atoms. The molecule has 0 aromatic heterocycles. The van der Waals surface area contributed by atoms with Crippen LogP contribution in [-0.4, -0.2) is 15.9 Å². The minimum atomic E-state index is 0.352. The standard InChI is InChI=1S/C3H5Br2S/c4-1-3(6)2-5/h3H,1-2H2. The van der Waals surface area contributed by atoms with E-state index in [-0.39, 0.29) is 0 Å². The van der Waals surface area contributed by atoms with Gasteiger partial charge in [0.25, 0.3) is 0 Å². The Morgan fingerprint density at radius 3 is 1.67 bits per heavy atom. The van der Waals surface area contributed by atoms with Crippen molar-refractivity contribution in [3.8, 4) is 0 Å². The average Bonchev–Trinajstić information content (AvgIpc) is 1.65. The summed E-state index contributed by atoms with van der Waals surface area (Å²) in [5, 5.41) is 2.17. The number of halogens is 2. The van der Waals surface area contributed by atoms with Gasteiger partial charge in [-0.15, -0.1) is 0 Å². The largest absolute Gasteiger partial charge is 0.0915 e. The molecule has 0 aromatic rings. The molecule has 37 valence electrons. The van der Waals surface area contributed by atoms with Crippen molar-refractivity contribution in [2.24, 2.45) is 0 Å². The average molecular weight is 233 g/mol. The molecule has 0 fully saturated rings. The summed E-state index contributed by atoms with van der Waals surface area (Å²) < 4.78 is 0. The fourth-order valence-electron chi connectivity index (χ4n) is 0.0412. The second-order valence-electron chi connectivity index (χ2n) is 0.931. The third kappa shape index (κ3) is 3.50. The molecule has 3 heteroatoms. The predicted octanol–water partition coefficient (Wildman–Crippen LogP) is 2.34. The third-order valence-electron chi connectivity index (χ3n) is 0.344. The first-order valence-corrected chi connectivity index (χ1v) is 4.30. The quantitative estimate of drug-likeness (QED) is 0.642. The van der Waals surface area contributed by atoms with Gasteiger partial charge in [-0.2, -0.15) is 0 Å². The Bertz CT molecular complexity index is 28.0. The number of hydrogen-bond acceptors (Lipinski definition) is 0. The van der Waals surface area contributed by atoms with Crippen LogP contribution in [0.4, 0.5) is 0 Å². The molecule has 0 aromatic carbocycles. The summed E-state index contributed by atoms with van der Waals surface area (Å²) in [4.78, 5) is 0. The van der Waals surface area contributed by atoms with Gasteiger partial charge >= 0.3 is 0 Å². The van der Waals surface area contributed by atoms with Crippen molar-refractivity contribution < 1.29 is 0 Å². The summed E-state index contributed by atoms with van der Waals surface area (Å²) >= 11 is 11.3. The Balaban J connectivity index is 2.75. The second kappa shape index (κ2) is 4.47. The van der Waals surface area contributed by atoms with E-state index in [1.165, 1.54) is 0 Å². The highest BCUT2D eigenvalue weighted by Gasteiger charge is 1.94. The van der Waals surface area contributed by atoms with E-state index < -0.39 is 0 Å². The second-order valence-corrected chi connectivity index (χ2v) is 2.89. The molecule has 0 aliphatic carbocycles.